The Morgan fingerprint density at radius 2 is 2.11 bits per heavy atom. The number of nitrogens with zero attached hydrogens (tertiary/aromatic N) is 2. The predicted molar refractivity (Wildman–Crippen MR) is 73.3 cm³/mol. The van der Waals surface area contributed by atoms with Gasteiger partial charge < -0.3 is 14.5 Å². The molecule has 2 heterocycles. The van der Waals surface area contributed by atoms with Crippen LogP contribution in [0, 0.1) is 0 Å². The molecule has 0 amide bonds. The van der Waals surface area contributed by atoms with Gasteiger partial charge in [-0.2, -0.15) is 4.98 Å². The van der Waals surface area contributed by atoms with E-state index in [9.17, 15) is 0 Å². The van der Waals surface area contributed by atoms with Crippen LogP contribution in [0.15, 0.2) is 28.9 Å². The molecule has 0 saturated carbocycles. The van der Waals surface area contributed by atoms with Crippen molar-refractivity contribution in [2.45, 2.75) is 32.7 Å². The Balaban J connectivity index is 2.19. The van der Waals surface area contributed by atoms with Crippen LogP contribution in [-0.2, 0) is 12.0 Å². The molecule has 0 unspecified atom stereocenters. The highest BCUT2D eigenvalue weighted by Crippen LogP contribution is 2.23. The molecule has 0 aliphatic rings. The number of methoxy groups -OCH3 is 1. The summed E-state index contributed by atoms with van der Waals surface area (Å²) < 4.78 is 10.5. The average Bonchev–Trinajstić information content (AvgIpc) is 2.88. The van der Waals surface area contributed by atoms with Gasteiger partial charge in [0.25, 0.3) is 0 Å². The van der Waals surface area contributed by atoms with E-state index < -0.39 is 0 Å². The average molecular weight is 261 g/mol. The normalized spacial score (nSPS) is 11.4. The molecular weight excluding hydrogens is 242 g/mol. The van der Waals surface area contributed by atoms with Crippen LogP contribution in [-0.4, -0.2) is 17.1 Å². The topological polar surface area (TPSA) is 60.2 Å². The van der Waals surface area contributed by atoms with E-state index in [1.165, 1.54) is 0 Å². The van der Waals surface area contributed by atoms with Crippen molar-refractivity contribution in [1.82, 2.24) is 9.97 Å². The van der Waals surface area contributed by atoms with Crippen LogP contribution in [0.5, 0.6) is 5.88 Å². The predicted octanol–water partition coefficient (Wildman–Crippen LogP) is 2.99. The van der Waals surface area contributed by atoms with Gasteiger partial charge in [0.05, 0.1) is 19.9 Å². The molecule has 0 spiro atoms. The maximum absolute atomic E-state index is 5.27. The second-order valence-electron chi connectivity index (χ2n) is 5.30. The minimum absolute atomic E-state index is 0.129. The third-order valence-corrected chi connectivity index (χ3v) is 2.61. The van der Waals surface area contributed by atoms with Crippen LogP contribution < -0.4 is 10.1 Å². The monoisotopic (exact) mass is 261 g/mol. The molecule has 0 fully saturated rings. The molecule has 5 heteroatoms. The van der Waals surface area contributed by atoms with E-state index in [4.69, 9.17) is 9.15 Å². The van der Waals surface area contributed by atoms with Crippen LogP contribution in [0.2, 0.25) is 0 Å². The fraction of sp³-hybridized carbons (Fsp3) is 0.429. The Morgan fingerprint density at radius 3 is 2.68 bits per heavy atom. The zero-order valence-electron chi connectivity index (χ0n) is 11.7. The van der Waals surface area contributed by atoms with Gasteiger partial charge in [0.1, 0.15) is 17.4 Å². The number of furan rings is 1. The summed E-state index contributed by atoms with van der Waals surface area (Å²) >= 11 is 0. The molecular formula is C14H19N3O2. The number of nitrogens with one attached hydrogen (secondary N) is 1. The van der Waals surface area contributed by atoms with Gasteiger partial charge in [0.15, 0.2) is 0 Å². The van der Waals surface area contributed by atoms with Crippen molar-refractivity contribution in [3.8, 4) is 5.88 Å². The summed E-state index contributed by atoms with van der Waals surface area (Å²) in [6.07, 6.45) is 1.65. The number of hydrogen-bond donors (Lipinski definition) is 1. The lowest BCUT2D eigenvalue weighted by molar-refractivity contribution is 0.389. The van der Waals surface area contributed by atoms with Gasteiger partial charge in [-0.15, -0.1) is 0 Å². The first-order chi connectivity index (χ1) is 8.99. The first-order valence-electron chi connectivity index (χ1n) is 6.19. The van der Waals surface area contributed by atoms with Crippen molar-refractivity contribution in [1.29, 1.82) is 0 Å². The summed E-state index contributed by atoms with van der Waals surface area (Å²) in [4.78, 5) is 8.88. The summed E-state index contributed by atoms with van der Waals surface area (Å²) in [7, 11) is 1.60. The summed E-state index contributed by atoms with van der Waals surface area (Å²) in [5.74, 6) is 2.89. The van der Waals surface area contributed by atoms with Crippen LogP contribution in [0.3, 0.4) is 0 Å². The summed E-state index contributed by atoms with van der Waals surface area (Å²) in [5, 5.41) is 3.21. The molecule has 1 N–H and O–H groups in total. The van der Waals surface area contributed by atoms with E-state index in [-0.39, 0.29) is 5.41 Å². The molecule has 0 aliphatic carbocycles. The Morgan fingerprint density at radius 1 is 1.32 bits per heavy atom. The first-order valence-corrected chi connectivity index (χ1v) is 6.19. The minimum Gasteiger partial charge on any atom is -0.481 e. The Bertz CT molecular complexity index is 530. The number of ether oxygens (including phenoxy) is 1. The molecule has 2 rings (SSSR count). The molecule has 0 atom stereocenters. The fourth-order valence-corrected chi connectivity index (χ4v) is 1.55. The highest BCUT2D eigenvalue weighted by molar-refractivity contribution is 5.39. The van der Waals surface area contributed by atoms with Crippen molar-refractivity contribution in [2.75, 3.05) is 12.4 Å². The van der Waals surface area contributed by atoms with E-state index in [2.05, 4.69) is 36.1 Å². The molecule has 2 aromatic rings. The van der Waals surface area contributed by atoms with Crippen molar-refractivity contribution in [3.63, 3.8) is 0 Å². The maximum atomic E-state index is 5.27. The van der Waals surface area contributed by atoms with Crippen LogP contribution in [0.25, 0.3) is 0 Å². The summed E-state index contributed by atoms with van der Waals surface area (Å²) in [5.41, 5.74) is -0.129. The molecule has 0 saturated heterocycles. The van der Waals surface area contributed by atoms with Gasteiger partial charge in [0, 0.05) is 11.5 Å². The molecule has 19 heavy (non-hydrogen) atoms. The smallest absolute Gasteiger partial charge is 0.218 e. The molecule has 0 radical (unpaired) electrons. The molecule has 102 valence electrons. The lowest BCUT2D eigenvalue weighted by atomic mass is 9.96. The van der Waals surface area contributed by atoms with Crippen molar-refractivity contribution in [2.24, 2.45) is 0 Å². The van der Waals surface area contributed by atoms with Gasteiger partial charge in [0.2, 0.25) is 5.88 Å². The SMILES string of the molecule is COc1cc(NCc2ccco2)nc(C(C)(C)C)n1. The Hall–Kier alpha value is -2.04. The Kier molecular flexibility index (Phi) is 3.74. The lowest BCUT2D eigenvalue weighted by Crippen LogP contribution is -2.17. The molecule has 0 aliphatic heterocycles. The van der Waals surface area contributed by atoms with Gasteiger partial charge in [-0.05, 0) is 12.1 Å². The van der Waals surface area contributed by atoms with Gasteiger partial charge in [-0.3, -0.25) is 0 Å². The van der Waals surface area contributed by atoms with Gasteiger partial charge in [-0.25, -0.2) is 4.98 Å². The molecule has 0 bridgehead atoms. The van der Waals surface area contributed by atoms with E-state index >= 15 is 0 Å². The quantitative estimate of drug-likeness (QED) is 0.916. The number of anilines is 1. The van der Waals surface area contributed by atoms with E-state index in [0.717, 1.165) is 17.4 Å². The maximum Gasteiger partial charge on any atom is 0.218 e. The third-order valence-electron chi connectivity index (χ3n) is 2.61. The van der Waals surface area contributed by atoms with Crippen molar-refractivity contribution >= 4 is 5.82 Å². The lowest BCUT2D eigenvalue weighted by Gasteiger charge is -2.18. The Labute approximate surface area is 113 Å². The number of hydrogen-bond acceptors (Lipinski definition) is 5. The van der Waals surface area contributed by atoms with Crippen LogP contribution in [0.1, 0.15) is 32.4 Å². The zero-order chi connectivity index (χ0) is 13.9. The number of rotatable bonds is 4. The van der Waals surface area contributed by atoms with Crippen LogP contribution in [0.4, 0.5) is 5.82 Å². The summed E-state index contributed by atoms with van der Waals surface area (Å²) in [6, 6.07) is 5.55. The van der Waals surface area contributed by atoms with Crippen molar-refractivity contribution in [3.05, 3.63) is 36.0 Å². The van der Waals surface area contributed by atoms with E-state index in [0.29, 0.717) is 12.4 Å². The van der Waals surface area contributed by atoms with Crippen molar-refractivity contribution < 1.29 is 9.15 Å². The molecule has 5 nitrogen and oxygen atoms in total. The van der Waals surface area contributed by atoms with Gasteiger partial charge >= 0.3 is 0 Å². The third kappa shape index (κ3) is 3.47. The largest absolute Gasteiger partial charge is 0.481 e. The molecule has 2 aromatic heterocycles. The summed E-state index contributed by atoms with van der Waals surface area (Å²) in [6.45, 7) is 6.78. The second kappa shape index (κ2) is 5.30. The number of aromatic nitrogens is 2. The zero-order valence-corrected chi connectivity index (χ0v) is 11.7. The highest BCUT2D eigenvalue weighted by atomic mass is 16.5. The van der Waals surface area contributed by atoms with Crippen LogP contribution >= 0.6 is 0 Å². The first kappa shape index (κ1) is 13.4. The highest BCUT2D eigenvalue weighted by Gasteiger charge is 2.19. The van der Waals surface area contributed by atoms with Gasteiger partial charge in [-0.1, -0.05) is 20.8 Å². The minimum atomic E-state index is -0.129. The van der Waals surface area contributed by atoms with E-state index in [1.807, 2.05) is 12.1 Å². The fourth-order valence-electron chi connectivity index (χ4n) is 1.55. The van der Waals surface area contributed by atoms with E-state index in [1.54, 1.807) is 19.4 Å². The second-order valence-corrected chi connectivity index (χ2v) is 5.30. The standard InChI is InChI=1S/C14H19N3O2/c1-14(2,3)13-16-11(8-12(17-13)18-4)15-9-10-6-5-7-19-10/h5-8H,9H2,1-4H3,(H,15,16,17). The molecule has 0 aromatic carbocycles.